The number of carbonyl (C=O) groups excluding carboxylic acids is 1. The molecule has 1 N–H and O–H groups in total. The first-order valence-electron chi connectivity index (χ1n) is 12.2. The van der Waals surface area contributed by atoms with Gasteiger partial charge in [0.15, 0.2) is 0 Å². The van der Waals surface area contributed by atoms with Crippen LogP contribution in [0, 0.1) is 0 Å². The average molecular weight is 470 g/mol. The molecule has 2 aromatic carbocycles. The number of nitrogens with one attached hydrogen (secondary N) is 1. The van der Waals surface area contributed by atoms with Crippen molar-refractivity contribution in [3.63, 3.8) is 0 Å². The lowest BCUT2D eigenvalue weighted by molar-refractivity contribution is 0.0945. The summed E-state index contributed by atoms with van der Waals surface area (Å²) in [7, 11) is 2.16. The number of ether oxygens (including phenoxy) is 1. The van der Waals surface area contributed by atoms with Crippen LogP contribution in [0.5, 0.6) is 11.5 Å². The highest BCUT2D eigenvalue weighted by molar-refractivity contribution is 5.92. The molecule has 2 aromatic heterocycles. The van der Waals surface area contributed by atoms with Gasteiger partial charge in [-0.3, -0.25) is 4.79 Å². The van der Waals surface area contributed by atoms with E-state index in [2.05, 4.69) is 27.1 Å². The molecule has 0 aliphatic carbocycles. The van der Waals surface area contributed by atoms with E-state index in [-0.39, 0.29) is 5.91 Å². The number of likely N-dealkylation sites (N-methyl/N-ethyl adjacent to an activating group) is 1. The van der Waals surface area contributed by atoms with E-state index in [0.29, 0.717) is 12.2 Å². The third kappa shape index (κ3) is 5.88. The fourth-order valence-electron chi connectivity index (χ4n) is 4.28. The number of hydrogen-bond acceptors (Lipinski definition) is 5. The van der Waals surface area contributed by atoms with Gasteiger partial charge < -0.3 is 24.3 Å². The molecule has 1 amide bonds. The topological polar surface area (TPSA) is 62.1 Å². The maximum absolute atomic E-state index is 12.6. The number of imidazole rings is 1. The molecule has 7 heteroatoms. The van der Waals surface area contributed by atoms with E-state index in [4.69, 9.17) is 4.74 Å². The predicted molar refractivity (Wildman–Crippen MR) is 138 cm³/mol. The van der Waals surface area contributed by atoms with Crippen LogP contribution < -0.4 is 10.1 Å². The molecule has 0 saturated carbocycles. The molecule has 0 atom stereocenters. The summed E-state index contributed by atoms with van der Waals surface area (Å²) in [4.78, 5) is 21.9. The number of para-hydroxylation sites is 1. The van der Waals surface area contributed by atoms with E-state index < -0.39 is 0 Å². The fourth-order valence-corrected chi connectivity index (χ4v) is 4.28. The van der Waals surface area contributed by atoms with Crippen molar-refractivity contribution in [2.45, 2.75) is 6.42 Å². The fraction of sp³-hybridized carbons (Fsp3) is 0.286. The Morgan fingerprint density at radius 3 is 2.37 bits per heavy atom. The van der Waals surface area contributed by atoms with Crippen LogP contribution in [0.1, 0.15) is 16.9 Å². The summed E-state index contributed by atoms with van der Waals surface area (Å²) in [5.41, 5.74) is 3.30. The molecule has 7 nitrogen and oxygen atoms in total. The molecule has 1 aliphatic rings. The highest BCUT2D eigenvalue weighted by atomic mass is 16.5. The maximum Gasteiger partial charge on any atom is 0.271 e. The summed E-state index contributed by atoms with van der Waals surface area (Å²) in [5.74, 6) is 1.47. The normalized spacial score (nSPS) is 14.8. The lowest BCUT2D eigenvalue weighted by Crippen LogP contribution is -2.45. The maximum atomic E-state index is 12.6. The Hall–Kier alpha value is -3.68. The van der Waals surface area contributed by atoms with E-state index in [1.165, 1.54) is 0 Å². The minimum Gasteiger partial charge on any atom is -0.457 e. The summed E-state index contributed by atoms with van der Waals surface area (Å²) in [5, 5.41) is 3.01. The molecule has 3 heterocycles. The van der Waals surface area contributed by atoms with Crippen LogP contribution in [0.3, 0.4) is 0 Å². The van der Waals surface area contributed by atoms with Gasteiger partial charge in [-0.2, -0.15) is 0 Å². The summed E-state index contributed by atoms with van der Waals surface area (Å²) in [6.45, 7) is 6.09. The monoisotopic (exact) mass is 469 g/mol. The molecule has 5 rings (SSSR count). The van der Waals surface area contributed by atoms with Crippen LogP contribution in [-0.4, -0.2) is 71.4 Å². The summed E-state index contributed by atoms with van der Waals surface area (Å²) in [6.07, 6.45) is 4.73. The molecule has 0 bridgehead atoms. The SMILES string of the molecule is CN1CCN(CCCNC(=O)c2cn3cc(-c4ccc(Oc5ccccc5)cc4)ccc3n2)CC1. The second kappa shape index (κ2) is 10.7. The van der Waals surface area contributed by atoms with E-state index in [1.54, 1.807) is 6.20 Å². The lowest BCUT2D eigenvalue weighted by atomic mass is 10.1. The van der Waals surface area contributed by atoms with Crippen molar-refractivity contribution < 1.29 is 9.53 Å². The third-order valence-electron chi connectivity index (χ3n) is 6.38. The Kier molecular flexibility index (Phi) is 7.07. The predicted octanol–water partition coefficient (Wildman–Crippen LogP) is 4.16. The van der Waals surface area contributed by atoms with Gasteiger partial charge in [-0.25, -0.2) is 4.98 Å². The molecule has 1 aliphatic heterocycles. The van der Waals surface area contributed by atoms with Gasteiger partial charge in [0.1, 0.15) is 22.8 Å². The Morgan fingerprint density at radius 1 is 0.886 bits per heavy atom. The van der Waals surface area contributed by atoms with Crippen LogP contribution in [0.15, 0.2) is 79.1 Å². The molecule has 35 heavy (non-hydrogen) atoms. The van der Waals surface area contributed by atoms with Gasteiger partial charge in [-0.05, 0) is 67.5 Å². The van der Waals surface area contributed by atoms with Crippen molar-refractivity contribution in [1.82, 2.24) is 24.5 Å². The van der Waals surface area contributed by atoms with Gasteiger partial charge in [-0.1, -0.05) is 30.3 Å². The molecule has 180 valence electrons. The van der Waals surface area contributed by atoms with Crippen molar-refractivity contribution in [2.24, 2.45) is 0 Å². The highest BCUT2D eigenvalue weighted by Crippen LogP contribution is 2.26. The number of nitrogens with zero attached hydrogens (tertiary/aromatic N) is 4. The van der Waals surface area contributed by atoms with E-state index in [9.17, 15) is 4.79 Å². The third-order valence-corrected chi connectivity index (χ3v) is 6.38. The lowest BCUT2D eigenvalue weighted by Gasteiger charge is -2.32. The van der Waals surface area contributed by atoms with Gasteiger partial charge >= 0.3 is 0 Å². The van der Waals surface area contributed by atoms with E-state index in [1.807, 2.05) is 77.3 Å². The zero-order valence-corrected chi connectivity index (χ0v) is 20.1. The van der Waals surface area contributed by atoms with Crippen LogP contribution >= 0.6 is 0 Å². The number of hydrogen-bond donors (Lipinski definition) is 1. The van der Waals surface area contributed by atoms with Gasteiger partial charge in [0.05, 0.1) is 0 Å². The number of pyridine rings is 1. The number of amides is 1. The molecular weight excluding hydrogens is 438 g/mol. The first-order chi connectivity index (χ1) is 17.1. The number of carbonyl (C=O) groups is 1. The zero-order chi connectivity index (χ0) is 24.0. The van der Waals surface area contributed by atoms with Crippen molar-refractivity contribution in [2.75, 3.05) is 46.3 Å². The molecule has 1 saturated heterocycles. The van der Waals surface area contributed by atoms with Crippen molar-refractivity contribution in [1.29, 1.82) is 0 Å². The minimum atomic E-state index is -0.129. The molecular formula is C28H31N5O2. The van der Waals surface area contributed by atoms with Gasteiger partial charge in [0.2, 0.25) is 0 Å². The van der Waals surface area contributed by atoms with Crippen LogP contribution in [0.2, 0.25) is 0 Å². The molecule has 0 radical (unpaired) electrons. The number of fused-ring (bicyclic) bond motifs is 1. The smallest absolute Gasteiger partial charge is 0.271 e. The number of piperazine rings is 1. The van der Waals surface area contributed by atoms with Crippen LogP contribution in [-0.2, 0) is 0 Å². The molecule has 4 aromatic rings. The Bertz CT molecular complexity index is 1260. The number of benzene rings is 2. The molecule has 0 unspecified atom stereocenters. The van der Waals surface area contributed by atoms with E-state index >= 15 is 0 Å². The summed E-state index contributed by atoms with van der Waals surface area (Å²) < 4.78 is 7.79. The Labute approximate surface area is 206 Å². The average Bonchev–Trinajstić information content (AvgIpc) is 3.32. The largest absolute Gasteiger partial charge is 0.457 e. The first kappa shape index (κ1) is 23.1. The minimum absolute atomic E-state index is 0.129. The number of rotatable bonds is 8. The quantitative estimate of drug-likeness (QED) is 0.393. The van der Waals surface area contributed by atoms with Crippen LogP contribution in [0.25, 0.3) is 16.8 Å². The van der Waals surface area contributed by atoms with Gasteiger partial charge in [0, 0.05) is 45.1 Å². The summed E-state index contributed by atoms with van der Waals surface area (Å²) >= 11 is 0. The van der Waals surface area contributed by atoms with Crippen molar-refractivity contribution >= 4 is 11.6 Å². The Balaban J connectivity index is 1.17. The number of aromatic nitrogens is 2. The molecule has 1 fully saturated rings. The van der Waals surface area contributed by atoms with Crippen molar-refractivity contribution in [3.8, 4) is 22.6 Å². The highest BCUT2D eigenvalue weighted by Gasteiger charge is 2.14. The van der Waals surface area contributed by atoms with Gasteiger partial charge in [0.25, 0.3) is 5.91 Å². The first-order valence-corrected chi connectivity index (χ1v) is 12.2. The standard InChI is InChI=1S/C28H31N5O2/c1-31-16-18-32(19-17-31)15-5-14-29-28(34)26-21-33-20-23(10-13-27(33)30-26)22-8-11-25(12-9-22)35-24-6-3-2-4-7-24/h2-4,6-13,20-21H,5,14-19H2,1H3,(H,29,34). The Morgan fingerprint density at radius 2 is 1.60 bits per heavy atom. The molecule has 0 spiro atoms. The van der Waals surface area contributed by atoms with Crippen LogP contribution in [0.4, 0.5) is 0 Å². The van der Waals surface area contributed by atoms with E-state index in [0.717, 1.165) is 67.4 Å². The van der Waals surface area contributed by atoms with Crippen molar-refractivity contribution in [3.05, 3.63) is 84.8 Å². The second-order valence-corrected chi connectivity index (χ2v) is 9.00. The second-order valence-electron chi connectivity index (χ2n) is 9.00. The summed E-state index contributed by atoms with van der Waals surface area (Å²) in [6, 6.07) is 21.7. The zero-order valence-electron chi connectivity index (χ0n) is 20.1. The van der Waals surface area contributed by atoms with Gasteiger partial charge in [-0.15, -0.1) is 0 Å².